The summed E-state index contributed by atoms with van der Waals surface area (Å²) in [5.41, 5.74) is 1.57. The molecule has 2 amide bonds. The molecule has 0 radical (unpaired) electrons. The Bertz CT molecular complexity index is 1570. The van der Waals surface area contributed by atoms with Gasteiger partial charge in [-0.3, -0.25) is 13.9 Å². The van der Waals surface area contributed by atoms with Crippen molar-refractivity contribution in [2.24, 2.45) is 0 Å². The lowest BCUT2D eigenvalue weighted by Crippen LogP contribution is -2.55. The fraction of sp³-hybridized carbons (Fsp3) is 0.375. The van der Waals surface area contributed by atoms with Crippen LogP contribution in [0.1, 0.15) is 43.2 Å². The molecule has 236 valence electrons. The second kappa shape index (κ2) is 15.3. The number of nitrogens with zero attached hydrogens (tertiary/aromatic N) is 2. The molecule has 0 spiro atoms. The van der Waals surface area contributed by atoms with Gasteiger partial charge in [-0.1, -0.05) is 96.5 Å². The zero-order chi connectivity index (χ0) is 31.9. The molecule has 0 heterocycles. The van der Waals surface area contributed by atoms with Crippen LogP contribution in [0.15, 0.2) is 66.7 Å². The summed E-state index contributed by atoms with van der Waals surface area (Å²) in [6, 6.07) is 18.3. The summed E-state index contributed by atoms with van der Waals surface area (Å²) in [4.78, 5) is 29.8. The smallest absolute Gasteiger partial charge is 0.244 e. The van der Waals surface area contributed by atoms with Crippen molar-refractivity contribution in [1.29, 1.82) is 0 Å². The van der Waals surface area contributed by atoms with Gasteiger partial charge < -0.3 is 15.0 Å². The topological polar surface area (TPSA) is 96.0 Å². The van der Waals surface area contributed by atoms with E-state index in [2.05, 4.69) is 5.32 Å². The van der Waals surface area contributed by atoms with E-state index < -0.39 is 28.5 Å². The quantitative estimate of drug-likeness (QED) is 0.220. The number of hydrogen-bond donors (Lipinski definition) is 1. The van der Waals surface area contributed by atoms with Crippen LogP contribution in [0.25, 0.3) is 0 Å². The summed E-state index contributed by atoms with van der Waals surface area (Å²) in [6.07, 6.45) is 6.10. The Balaban J connectivity index is 1.76. The van der Waals surface area contributed by atoms with Gasteiger partial charge in [0.1, 0.15) is 18.3 Å². The molecular weight excluding hydrogens is 645 g/mol. The summed E-state index contributed by atoms with van der Waals surface area (Å²) >= 11 is 18.7. The Morgan fingerprint density at radius 1 is 0.909 bits per heavy atom. The summed E-state index contributed by atoms with van der Waals surface area (Å²) in [7, 11) is -2.49. The van der Waals surface area contributed by atoms with Crippen molar-refractivity contribution in [3.63, 3.8) is 0 Å². The Morgan fingerprint density at radius 2 is 1.57 bits per heavy atom. The summed E-state index contributed by atoms with van der Waals surface area (Å²) in [5.74, 6) is -0.308. The maximum atomic E-state index is 14.3. The van der Waals surface area contributed by atoms with E-state index in [1.807, 2.05) is 36.4 Å². The average molecular weight is 681 g/mol. The second-order valence-corrected chi connectivity index (χ2v) is 14.0. The van der Waals surface area contributed by atoms with Crippen molar-refractivity contribution >= 4 is 62.3 Å². The molecule has 4 rings (SSSR count). The first-order valence-electron chi connectivity index (χ1n) is 14.3. The number of rotatable bonds is 12. The number of sulfonamides is 1. The lowest BCUT2D eigenvalue weighted by Gasteiger charge is -2.35. The molecule has 44 heavy (non-hydrogen) atoms. The van der Waals surface area contributed by atoms with Crippen LogP contribution < -0.4 is 14.4 Å². The molecule has 1 fully saturated rings. The lowest BCUT2D eigenvalue weighted by atomic mass is 9.94. The number of methoxy groups -OCH3 is 1. The molecule has 8 nitrogen and oxygen atoms in total. The molecule has 3 aromatic rings. The third kappa shape index (κ3) is 9.03. The number of nitrogens with one attached hydrogen (secondary N) is 1. The highest BCUT2D eigenvalue weighted by Crippen LogP contribution is 2.36. The van der Waals surface area contributed by atoms with Gasteiger partial charge in [0.25, 0.3) is 0 Å². The Morgan fingerprint density at radius 3 is 2.23 bits per heavy atom. The van der Waals surface area contributed by atoms with Gasteiger partial charge >= 0.3 is 0 Å². The van der Waals surface area contributed by atoms with Gasteiger partial charge in [-0.05, 0) is 48.2 Å². The maximum absolute atomic E-state index is 14.3. The van der Waals surface area contributed by atoms with Crippen LogP contribution in [-0.4, -0.2) is 57.1 Å². The largest absolute Gasteiger partial charge is 0.497 e. The van der Waals surface area contributed by atoms with Crippen molar-refractivity contribution in [2.45, 2.75) is 57.2 Å². The normalized spacial score (nSPS) is 14.5. The molecule has 12 heteroatoms. The van der Waals surface area contributed by atoms with Gasteiger partial charge in [-0.25, -0.2) is 8.42 Å². The van der Waals surface area contributed by atoms with Gasteiger partial charge in [0.2, 0.25) is 21.8 Å². The van der Waals surface area contributed by atoms with E-state index in [1.165, 1.54) is 17.0 Å². The minimum absolute atomic E-state index is 0.00418. The van der Waals surface area contributed by atoms with E-state index >= 15 is 0 Å². The van der Waals surface area contributed by atoms with E-state index in [0.29, 0.717) is 11.3 Å². The molecule has 1 atom stereocenters. The molecule has 1 unspecified atom stereocenters. The van der Waals surface area contributed by atoms with Crippen LogP contribution in [0.4, 0.5) is 5.69 Å². The van der Waals surface area contributed by atoms with E-state index in [0.717, 1.165) is 48.2 Å². The van der Waals surface area contributed by atoms with Crippen molar-refractivity contribution in [1.82, 2.24) is 10.2 Å². The zero-order valence-corrected chi connectivity index (χ0v) is 27.7. The second-order valence-electron chi connectivity index (χ2n) is 10.9. The number of anilines is 1. The van der Waals surface area contributed by atoms with Crippen LogP contribution in [0.2, 0.25) is 15.1 Å². The fourth-order valence-electron chi connectivity index (χ4n) is 5.36. The van der Waals surface area contributed by atoms with Crippen LogP contribution in [0.5, 0.6) is 5.75 Å². The predicted molar refractivity (Wildman–Crippen MR) is 176 cm³/mol. The summed E-state index contributed by atoms with van der Waals surface area (Å²) < 4.78 is 32.4. The molecule has 1 aliphatic carbocycles. The number of halogens is 3. The van der Waals surface area contributed by atoms with E-state index in [9.17, 15) is 18.0 Å². The van der Waals surface area contributed by atoms with Gasteiger partial charge in [0, 0.05) is 19.0 Å². The number of ether oxygens (including phenoxy) is 1. The number of carbonyl (C=O) groups is 2. The number of carbonyl (C=O) groups excluding carboxylic acids is 2. The molecule has 1 N–H and O–H groups in total. The van der Waals surface area contributed by atoms with Crippen molar-refractivity contribution in [3.05, 3.63) is 92.9 Å². The van der Waals surface area contributed by atoms with Crippen LogP contribution in [0, 0.1) is 0 Å². The molecule has 0 saturated heterocycles. The molecule has 1 aliphatic rings. The standard InChI is InChI=1S/C32H36Cl3N3O5S/c1-43-25-15-9-12-23(16-25)20-37(31(39)21-38(44(2,41)42)29-19-27(34)26(33)18-28(29)35)30(17-22-10-5-3-6-11-22)32(40)36-24-13-7-4-8-14-24/h3,5-6,9-12,15-16,18-19,24,30H,4,7-8,13-14,17,20-21H2,1-2H3,(H,36,40). The Labute approximate surface area is 274 Å². The minimum atomic E-state index is -4.03. The third-order valence-corrected chi connectivity index (χ3v) is 9.80. The highest BCUT2D eigenvalue weighted by Gasteiger charge is 2.34. The van der Waals surface area contributed by atoms with E-state index in [4.69, 9.17) is 39.5 Å². The highest BCUT2D eigenvalue weighted by atomic mass is 35.5. The number of benzene rings is 3. The molecule has 1 saturated carbocycles. The number of amides is 2. The van der Waals surface area contributed by atoms with Gasteiger partial charge in [0.05, 0.1) is 34.1 Å². The molecular formula is C32H36Cl3N3O5S. The Kier molecular flexibility index (Phi) is 11.8. The molecule has 0 bridgehead atoms. The first-order chi connectivity index (χ1) is 21.0. The number of hydrogen-bond acceptors (Lipinski definition) is 5. The van der Waals surface area contributed by atoms with Crippen LogP contribution >= 0.6 is 34.8 Å². The zero-order valence-electron chi connectivity index (χ0n) is 24.6. The SMILES string of the molecule is COc1cccc(CN(C(=O)CN(c2cc(Cl)c(Cl)cc2Cl)S(C)(=O)=O)C(Cc2ccccc2)C(=O)NC2CCCCC2)c1. The summed E-state index contributed by atoms with van der Waals surface area (Å²) in [6.45, 7) is -0.596. The lowest BCUT2D eigenvalue weighted by molar-refractivity contribution is -0.140. The molecule has 0 aliphatic heterocycles. The predicted octanol–water partition coefficient (Wildman–Crippen LogP) is 6.51. The highest BCUT2D eigenvalue weighted by molar-refractivity contribution is 7.92. The van der Waals surface area contributed by atoms with E-state index in [-0.39, 0.29) is 45.7 Å². The first kappa shape index (κ1) is 33.9. The fourth-order valence-corrected chi connectivity index (χ4v) is 6.91. The Hall–Kier alpha value is -2.98. The first-order valence-corrected chi connectivity index (χ1v) is 17.3. The van der Waals surface area contributed by atoms with Gasteiger partial charge in [-0.2, -0.15) is 0 Å². The monoisotopic (exact) mass is 679 g/mol. The van der Waals surface area contributed by atoms with E-state index in [1.54, 1.807) is 25.3 Å². The van der Waals surface area contributed by atoms with Crippen molar-refractivity contribution in [3.8, 4) is 5.75 Å². The van der Waals surface area contributed by atoms with Crippen LogP contribution in [0.3, 0.4) is 0 Å². The van der Waals surface area contributed by atoms with Crippen LogP contribution in [-0.2, 0) is 32.6 Å². The average Bonchev–Trinajstić information content (AvgIpc) is 3.00. The molecule has 0 aromatic heterocycles. The third-order valence-electron chi connectivity index (χ3n) is 7.65. The maximum Gasteiger partial charge on any atom is 0.244 e. The van der Waals surface area contributed by atoms with Crippen molar-refractivity contribution in [2.75, 3.05) is 24.2 Å². The minimum Gasteiger partial charge on any atom is -0.497 e. The van der Waals surface area contributed by atoms with Gasteiger partial charge in [-0.15, -0.1) is 0 Å². The molecule has 3 aromatic carbocycles. The van der Waals surface area contributed by atoms with Gasteiger partial charge in [0.15, 0.2) is 0 Å². The summed E-state index contributed by atoms with van der Waals surface area (Å²) in [5, 5.41) is 3.40. The van der Waals surface area contributed by atoms with Crippen molar-refractivity contribution < 1.29 is 22.7 Å².